The molecule has 32 heavy (non-hydrogen) atoms. The Morgan fingerprint density at radius 1 is 1.19 bits per heavy atom. The second-order valence-electron chi connectivity index (χ2n) is 7.35. The number of pyridine rings is 2. The third-order valence-electron chi connectivity index (χ3n) is 5.32. The third-order valence-corrected chi connectivity index (χ3v) is 5.32. The Morgan fingerprint density at radius 2 is 2.09 bits per heavy atom. The molecule has 0 aliphatic carbocycles. The van der Waals surface area contributed by atoms with Gasteiger partial charge in [-0.1, -0.05) is 0 Å². The lowest BCUT2D eigenvalue weighted by molar-refractivity contribution is -0.0946. The van der Waals surface area contributed by atoms with Crippen LogP contribution in [0.4, 0.5) is 0 Å². The summed E-state index contributed by atoms with van der Waals surface area (Å²) in [5, 5.41) is 16.0. The van der Waals surface area contributed by atoms with Crippen LogP contribution in [0.3, 0.4) is 0 Å². The molecule has 5 rings (SSSR count). The third kappa shape index (κ3) is 3.74. The van der Waals surface area contributed by atoms with Gasteiger partial charge in [0.05, 0.1) is 57.2 Å². The second-order valence-corrected chi connectivity index (χ2v) is 7.35. The van der Waals surface area contributed by atoms with E-state index in [2.05, 4.69) is 10.1 Å². The molecule has 4 aromatic rings. The number of rotatable bonds is 6. The monoisotopic (exact) mass is 437 g/mol. The van der Waals surface area contributed by atoms with Crippen molar-refractivity contribution in [3.63, 3.8) is 0 Å². The van der Waals surface area contributed by atoms with Gasteiger partial charge < -0.3 is 24.1 Å². The highest BCUT2D eigenvalue weighted by molar-refractivity contribution is 5.87. The molecule has 1 aliphatic rings. The molecule has 0 spiro atoms. The molecule has 0 saturated carbocycles. The molecule has 1 atom stereocenters. The normalized spacial score (nSPS) is 16.4. The summed E-state index contributed by atoms with van der Waals surface area (Å²) in [6.45, 7) is 2.34. The van der Waals surface area contributed by atoms with Crippen molar-refractivity contribution >= 4 is 10.9 Å². The maximum Gasteiger partial charge on any atom is 0.256 e. The maximum absolute atomic E-state index is 10.8. The molecule has 1 saturated heterocycles. The minimum atomic E-state index is -0.0341. The lowest BCUT2D eigenvalue weighted by Crippen LogP contribution is -2.32. The van der Waals surface area contributed by atoms with Gasteiger partial charge in [0.25, 0.3) is 5.88 Å². The zero-order chi connectivity index (χ0) is 22.1. The van der Waals surface area contributed by atoms with Crippen LogP contribution in [0, 0.1) is 0 Å². The number of aromatic nitrogens is 5. The number of ether oxygens (including phenoxy) is 4. The molecule has 0 amide bonds. The standard InChI is InChI=1S/C22H23N5O5/c1-29-19-9-14(10-23-21(19)30-2)17-4-3-16-18(24-17)12-27(22(16)28)20-5-6-26(25-20)11-15-13-31-7-8-32-15/h3-6,9-10,12,15,28H,7-8,11,13H2,1-2H3. The first kappa shape index (κ1) is 20.3. The Balaban J connectivity index is 1.44. The first-order valence-electron chi connectivity index (χ1n) is 10.2. The van der Waals surface area contributed by atoms with E-state index < -0.39 is 0 Å². The molecule has 0 bridgehead atoms. The summed E-state index contributed by atoms with van der Waals surface area (Å²) < 4.78 is 25.1. The summed E-state index contributed by atoms with van der Waals surface area (Å²) in [5.41, 5.74) is 2.10. The van der Waals surface area contributed by atoms with E-state index in [-0.39, 0.29) is 12.0 Å². The van der Waals surface area contributed by atoms with E-state index in [1.165, 1.54) is 7.11 Å². The van der Waals surface area contributed by atoms with Crippen LogP contribution in [0.1, 0.15) is 0 Å². The van der Waals surface area contributed by atoms with Gasteiger partial charge in [-0.3, -0.25) is 9.25 Å². The molecule has 166 valence electrons. The van der Waals surface area contributed by atoms with Crippen molar-refractivity contribution in [1.82, 2.24) is 24.3 Å². The highest BCUT2D eigenvalue weighted by atomic mass is 16.6. The van der Waals surface area contributed by atoms with Crippen LogP contribution in [0.15, 0.2) is 42.9 Å². The van der Waals surface area contributed by atoms with Gasteiger partial charge in [0.2, 0.25) is 5.88 Å². The van der Waals surface area contributed by atoms with Gasteiger partial charge in [-0.15, -0.1) is 0 Å². The molecule has 0 radical (unpaired) electrons. The molecule has 5 heterocycles. The average Bonchev–Trinajstić information content (AvgIpc) is 3.43. The molecule has 4 aromatic heterocycles. The largest absolute Gasteiger partial charge is 0.494 e. The number of methoxy groups -OCH3 is 2. The Morgan fingerprint density at radius 3 is 2.88 bits per heavy atom. The summed E-state index contributed by atoms with van der Waals surface area (Å²) in [6.07, 6.45) is 5.25. The van der Waals surface area contributed by atoms with Gasteiger partial charge >= 0.3 is 0 Å². The van der Waals surface area contributed by atoms with Crippen molar-refractivity contribution < 1.29 is 24.1 Å². The first-order valence-corrected chi connectivity index (χ1v) is 10.2. The summed E-state index contributed by atoms with van der Waals surface area (Å²) >= 11 is 0. The van der Waals surface area contributed by atoms with Crippen LogP contribution in [0.5, 0.6) is 17.5 Å². The molecule has 1 fully saturated rings. The predicted molar refractivity (Wildman–Crippen MR) is 115 cm³/mol. The van der Waals surface area contributed by atoms with E-state index in [1.54, 1.807) is 28.8 Å². The van der Waals surface area contributed by atoms with Crippen molar-refractivity contribution in [2.45, 2.75) is 12.6 Å². The Hall–Kier alpha value is -3.63. The van der Waals surface area contributed by atoms with Crippen molar-refractivity contribution in [3.8, 4) is 34.6 Å². The fraction of sp³-hybridized carbons (Fsp3) is 0.318. The number of hydrogen-bond acceptors (Lipinski definition) is 8. The van der Waals surface area contributed by atoms with E-state index in [4.69, 9.17) is 23.9 Å². The Bertz CT molecular complexity index is 1240. The molecule has 1 unspecified atom stereocenters. The van der Waals surface area contributed by atoms with E-state index in [9.17, 15) is 5.11 Å². The van der Waals surface area contributed by atoms with Crippen molar-refractivity contribution in [3.05, 3.63) is 42.9 Å². The van der Waals surface area contributed by atoms with E-state index >= 15 is 0 Å². The molecular formula is C22H23N5O5. The number of nitrogens with zero attached hydrogens (tertiary/aromatic N) is 5. The van der Waals surface area contributed by atoms with Crippen molar-refractivity contribution in [2.75, 3.05) is 34.0 Å². The zero-order valence-corrected chi connectivity index (χ0v) is 17.8. The van der Waals surface area contributed by atoms with Gasteiger partial charge in [0.1, 0.15) is 6.10 Å². The fourth-order valence-corrected chi connectivity index (χ4v) is 3.71. The van der Waals surface area contributed by atoms with Crippen LogP contribution in [0.2, 0.25) is 0 Å². The molecule has 1 N–H and O–H groups in total. The minimum absolute atomic E-state index is 0.0341. The van der Waals surface area contributed by atoms with Crippen LogP contribution in [0.25, 0.3) is 28.0 Å². The molecule has 10 nitrogen and oxygen atoms in total. The second kappa shape index (κ2) is 8.48. The minimum Gasteiger partial charge on any atom is -0.494 e. The van der Waals surface area contributed by atoms with E-state index in [0.29, 0.717) is 60.4 Å². The molecule has 10 heteroatoms. The van der Waals surface area contributed by atoms with E-state index in [1.807, 2.05) is 30.5 Å². The quantitative estimate of drug-likeness (QED) is 0.490. The highest BCUT2D eigenvalue weighted by Gasteiger charge is 2.18. The van der Waals surface area contributed by atoms with Gasteiger partial charge in [-0.25, -0.2) is 9.97 Å². The lowest BCUT2D eigenvalue weighted by Gasteiger charge is -2.22. The van der Waals surface area contributed by atoms with E-state index in [0.717, 1.165) is 5.56 Å². The Kier molecular flexibility index (Phi) is 5.38. The van der Waals surface area contributed by atoms with Crippen molar-refractivity contribution in [1.29, 1.82) is 0 Å². The van der Waals surface area contributed by atoms with Crippen LogP contribution in [-0.4, -0.2) is 69.6 Å². The smallest absolute Gasteiger partial charge is 0.256 e. The van der Waals surface area contributed by atoms with Gasteiger partial charge in [0, 0.05) is 30.2 Å². The van der Waals surface area contributed by atoms with Crippen LogP contribution >= 0.6 is 0 Å². The summed E-state index contributed by atoms with van der Waals surface area (Å²) in [7, 11) is 3.10. The molecule has 0 aromatic carbocycles. The van der Waals surface area contributed by atoms with Crippen LogP contribution in [-0.2, 0) is 16.0 Å². The summed E-state index contributed by atoms with van der Waals surface area (Å²) in [5.74, 6) is 1.59. The summed E-state index contributed by atoms with van der Waals surface area (Å²) in [6, 6.07) is 7.30. The van der Waals surface area contributed by atoms with Crippen LogP contribution < -0.4 is 9.47 Å². The molecular weight excluding hydrogens is 414 g/mol. The first-order chi connectivity index (χ1) is 15.7. The topological polar surface area (TPSA) is 106 Å². The lowest BCUT2D eigenvalue weighted by atomic mass is 10.1. The summed E-state index contributed by atoms with van der Waals surface area (Å²) in [4.78, 5) is 8.97. The zero-order valence-electron chi connectivity index (χ0n) is 17.8. The average molecular weight is 437 g/mol. The SMILES string of the molecule is COc1cc(-c2ccc3c(O)n(-c4ccn(CC5COCCO5)n4)cc3n2)cnc1OC. The Labute approximate surface area is 183 Å². The molecule has 1 aliphatic heterocycles. The highest BCUT2D eigenvalue weighted by Crippen LogP contribution is 2.33. The van der Waals surface area contributed by atoms with Gasteiger partial charge in [-0.05, 0) is 18.2 Å². The predicted octanol–water partition coefficient (Wildman–Crippen LogP) is 2.42. The van der Waals surface area contributed by atoms with Gasteiger partial charge in [-0.2, -0.15) is 5.10 Å². The number of fused-ring (bicyclic) bond motifs is 1. The maximum atomic E-state index is 10.8. The number of hydrogen-bond donors (Lipinski definition) is 1. The fourth-order valence-electron chi connectivity index (χ4n) is 3.71. The number of aromatic hydroxyl groups is 1. The van der Waals surface area contributed by atoms with Crippen molar-refractivity contribution in [2.24, 2.45) is 0 Å². The van der Waals surface area contributed by atoms with Gasteiger partial charge in [0.15, 0.2) is 11.6 Å².